The molecule has 0 saturated carbocycles. The molecule has 1 saturated heterocycles. The molecule has 16 heavy (non-hydrogen) atoms. The van der Waals surface area contributed by atoms with Crippen LogP contribution < -0.4 is 4.74 Å². The number of methoxy groups -OCH3 is 1. The topological polar surface area (TPSA) is 38.7 Å². The Morgan fingerprint density at radius 3 is 2.94 bits per heavy atom. The van der Waals surface area contributed by atoms with Crippen molar-refractivity contribution in [3.05, 3.63) is 29.3 Å². The van der Waals surface area contributed by atoms with Gasteiger partial charge in [0.05, 0.1) is 19.3 Å². The number of rotatable bonds is 2. The van der Waals surface area contributed by atoms with Crippen LogP contribution in [0.2, 0.25) is 0 Å². The van der Waals surface area contributed by atoms with Crippen LogP contribution >= 0.6 is 0 Å². The van der Waals surface area contributed by atoms with Crippen LogP contribution in [0.3, 0.4) is 0 Å². The van der Waals surface area contributed by atoms with E-state index in [0.29, 0.717) is 13.0 Å². The number of ether oxygens (including phenoxy) is 2. The highest BCUT2D eigenvalue weighted by molar-refractivity contribution is 5.38. The lowest BCUT2D eigenvalue weighted by molar-refractivity contribution is -0.0455. The molecule has 2 rings (SSSR count). The molecule has 1 aliphatic heterocycles. The standard InChI is InChI=1S/C13H18O3/c1-9-3-4-12(15-2)11(7-9)13-8-10(14)5-6-16-13/h3-4,7,10,13-14H,5-6,8H2,1-2H3. The second kappa shape index (κ2) is 4.85. The molecule has 0 aliphatic carbocycles. The Labute approximate surface area is 96.0 Å². The Morgan fingerprint density at radius 1 is 1.44 bits per heavy atom. The van der Waals surface area contributed by atoms with E-state index in [1.165, 1.54) is 5.56 Å². The van der Waals surface area contributed by atoms with E-state index in [-0.39, 0.29) is 12.2 Å². The van der Waals surface area contributed by atoms with Crippen LogP contribution in [0.5, 0.6) is 5.75 Å². The second-order valence-corrected chi connectivity index (χ2v) is 4.28. The van der Waals surface area contributed by atoms with E-state index in [4.69, 9.17) is 9.47 Å². The van der Waals surface area contributed by atoms with Crippen molar-refractivity contribution >= 4 is 0 Å². The van der Waals surface area contributed by atoms with Crippen molar-refractivity contribution in [1.82, 2.24) is 0 Å². The molecule has 1 heterocycles. The third-order valence-electron chi connectivity index (χ3n) is 2.99. The van der Waals surface area contributed by atoms with Gasteiger partial charge in [-0.05, 0) is 25.5 Å². The van der Waals surface area contributed by atoms with Crippen LogP contribution in [0.1, 0.15) is 30.1 Å². The Balaban J connectivity index is 2.26. The van der Waals surface area contributed by atoms with Gasteiger partial charge in [-0.3, -0.25) is 0 Å². The van der Waals surface area contributed by atoms with Crippen LogP contribution in [0.25, 0.3) is 0 Å². The van der Waals surface area contributed by atoms with E-state index in [2.05, 4.69) is 6.07 Å². The third-order valence-corrected chi connectivity index (χ3v) is 2.99. The van der Waals surface area contributed by atoms with Crippen molar-refractivity contribution in [3.63, 3.8) is 0 Å². The maximum atomic E-state index is 9.65. The maximum absolute atomic E-state index is 9.65. The second-order valence-electron chi connectivity index (χ2n) is 4.28. The van der Waals surface area contributed by atoms with Crippen LogP contribution in [0.4, 0.5) is 0 Å². The summed E-state index contributed by atoms with van der Waals surface area (Å²) in [6.07, 6.45) is 1.08. The maximum Gasteiger partial charge on any atom is 0.124 e. The summed E-state index contributed by atoms with van der Waals surface area (Å²) in [7, 11) is 1.66. The summed E-state index contributed by atoms with van der Waals surface area (Å²) in [5, 5.41) is 9.65. The molecule has 0 aromatic heterocycles. The van der Waals surface area contributed by atoms with E-state index in [1.807, 2.05) is 19.1 Å². The number of benzene rings is 1. The van der Waals surface area contributed by atoms with Crippen LogP contribution in [0, 0.1) is 6.92 Å². The summed E-state index contributed by atoms with van der Waals surface area (Å²) in [6.45, 7) is 2.66. The molecule has 2 unspecified atom stereocenters. The van der Waals surface area contributed by atoms with Crippen molar-refractivity contribution in [2.24, 2.45) is 0 Å². The van der Waals surface area contributed by atoms with Crippen LogP contribution in [-0.4, -0.2) is 24.9 Å². The van der Waals surface area contributed by atoms with Gasteiger partial charge in [0.25, 0.3) is 0 Å². The fourth-order valence-electron chi connectivity index (χ4n) is 2.10. The van der Waals surface area contributed by atoms with E-state index in [9.17, 15) is 5.11 Å². The van der Waals surface area contributed by atoms with Crippen molar-refractivity contribution in [2.45, 2.75) is 32.0 Å². The summed E-state index contributed by atoms with van der Waals surface area (Å²) >= 11 is 0. The number of aliphatic hydroxyl groups excluding tert-OH is 1. The number of aliphatic hydroxyl groups is 1. The number of aryl methyl sites for hydroxylation is 1. The van der Waals surface area contributed by atoms with Crippen molar-refractivity contribution < 1.29 is 14.6 Å². The fraction of sp³-hybridized carbons (Fsp3) is 0.538. The molecular weight excluding hydrogens is 204 g/mol. The zero-order valence-electron chi connectivity index (χ0n) is 9.77. The van der Waals surface area contributed by atoms with Crippen molar-refractivity contribution in [2.75, 3.05) is 13.7 Å². The van der Waals surface area contributed by atoms with Gasteiger partial charge < -0.3 is 14.6 Å². The predicted molar refractivity (Wildman–Crippen MR) is 61.7 cm³/mol. The van der Waals surface area contributed by atoms with Gasteiger partial charge in [-0.2, -0.15) is 0 Å². The lowest BCUT2D eigenvalue weighted by Crippen LogP contribution is -2.23. The molecule has 3 heteroatoms. The van der Waals surface area contributed by atoms with Crippen molar-refractivity contribution in [3.8, 4) is 5.75 Å². The Bertz CT molecular complexity index is 362. The van der Waals surface area contributed by atoms with Crippen LogP contribution in [-0.2, 0) is 4.74 Å². The first-order valence-electron chi connectivity index (χ1n) is 5.65. The molecule has 1 N–H and O–H groups in total. The first-order valence-corrected chi connectivity index (χ1v) is 5.65. The molecular formula is C13H18O3. The molecule has 1 fully saturated rings. The molecule has 0 amide bonds. The predicted octanol–water partition coefficient (Wildman–Crippen LogP) is 2.22. The molecule has 0 radical (unpaired) electrons. The average Bonchev–Trinajstić information content (AvgIpc) is 2.29. The van der Waals surface area contributed by atoms with Gasteiger partial charge in [-0.15, -0.1) is 0 Å². The molecule has 1 aromatic rings. The van der Waals surface area contributed by atoms with E-state index in [0.717, 1.165) is 17.7 Å². The highest BCUT2D eigenvalue weighted by Crippen LogP contribution is 2.34. The van der Waals surface area contributed by atoms with Crippen molar-refractivity contribution in [1.29, 1.82) is 0 Å². The van der Waals surface area contributed by atoms with Gasteiger partial charge in [0.2, 0.25) is 0 Å². The SMILES string of the molecule is COc1ccc(C)cc1C1CC(O)CCO1. The minimum atomic E-state index is -0.260. The highest BCUT2D eigenvalue weighted by Gasteiger charge is 2.24. The molecule has 88 valence electrons. The molecule has 0 bridgehead atoms. The summed E-state index contributed by atoms with van der Waals surface area (Å²) in [4.78, 5) is 0. The minimum absolute atomic E-state index is 0.0430. The summed E-state index contributed by atoms with van der Waals surface area (Å²) in [5.41, 5.74) is 2.22. The van der Waals surface area contributed by atoms with E-state index >= 15 is 0 Å². The zero-order valence-corrected chi connectivity index (χ0v) is 9.77. The Kier molecular flexibility index (Phi) is 3.46. The number of hydrogen-bond acceptors (Lipinski definition) is 3. The fourth-order valence-corrected chi connectivity index (χ4v) is 2.10. The normalized spacial score (nSPS) is 25.4. The van der Waals surface area contributed by atoms with E-state index < -0.39 is 0 Å². The van der Waals surface area contributed by atoms with Gasteiger partial charge in [0.1, 0.15) is 5.75 Å². The van der Waals surface area contributed by atoms with Gasteiger partial charge in [0.15, 0.2) is 0 Å². The summed E-state index contributed by atoms with van der Waals surface area (Å²) in [6, 6.07) is 6.04. The largest absolute Gasteiger partial charge is 0.496 e. The zero-order chi connectivity index (χ0) is 11.5. The Morgan fingerprint density at radius 2 is 2.25 bits per heavy atom. The first kappa shape index (κ1) is 11.4. The lowest BCUT2D eigenvalue weighted by Gasteiger charge is -2.28. The average molecular weight is 222 g/mol. The summed E-state index contributed by atoms with van der Waals surface area (Å²) < 4.78 is 11.0. The smallest absolute Gasteiger partial charge is 0.124 e. The molecule has 1 aliphatic rings. The van der Waals surface area contributed by atoms with Gasteiger partial charge in [-0.25, -0.2) is 0 Å². The van der Waals surface area contributed by atoms with Gasteiger partial charge in [-0.1, -0.05) is 11.6 Å². The Hall–Kier alpha value is -1.06. The molecule has 0 spiro atoms. The van der Waals surface area contributed by atoms with Crippen LogP contribution in [0.15, 0.2) is 18.2 Å². The summed E-state index contributed by atoms with van der Waals surface area (Å²) in [5.74, 6) is 0.838. The first-order chi connectivity index (χ1) is 7.70. The minimum Gasteiger partial charge on any atom is -0.496 e. The van der Waals surface area contributed by atoms with Gasteiger partial charge >= 0.3 is 0 Å². The molecule has 2 atom stereocenters. The quantitative estimate of drug-likeness (QED) is 0.833. The third kappa shape index (κ3) is 2.36. The monoisotopic (exact) mass is 222 g/mol. The molecule has 1 aromatic carbocycles. The molecule has 3 nitrogen and oxygen atoms in total. The lowest BCUT2D eigenvalue weighted by atomic mass is 9.97. The highest BCUT2D eigenvalue weighted by atomic mass is 16.5. The van der Waals surface area contributed by atoms with Gasteiger partial charge in [0, 0.05) is 18.6 Å². The number of hydrogen-bond donors (Lipinski definition) is 1. The van der Waals surface area contributed by atoms with E-state index in [1.54, 1.807) is 7.11 Å².